The highest BCUT2D eigenvalue weighted by Gasteiger charge is 1.93. The average molecular weight is 131 g/mol. The minimum absolute atomic E-state index is 0.615. The fourth-order valence-corrected chi connectivity index (χ4v) is 0.405. The Morgan fingerprint density at radius 3 is 2.56 bits per heavy atom. The highest BCUT2D eigenvalue weighted by atomic mass is 16.7. The van der Waals surface area contributed by atoms with Crippen LogP contribution in [0.5, 0.6) is 0 Å². The second kappa shape index (κ2) is 5.56. The summed E-state index contributed by atoms with van der Waals surface area (Å²) in [5, 5.41) is 1.28. The number of amides is 1. The van der Waals surface area contributed by atoms with Crippen LogP contribution in [0.15, 0.2) is 0 Å². The number of rotatable bonds is 5. The molecule has 0 spiro atoms. The molecule has 0 aliphatic carbocycles. The van der Waals surface area contributed by atoms with Gasteiger partial charge in [-0.3, -0.25) is 9.63 Å². The minimum atomic E-state index is 0.615. The lowest BCUT2D eigenvalue weighted by molar-refractivity contribution is -0.170. The summed E-state index contributed by atoms with van der Waals surface area (Å²) in [6.45, 7) is 5.10. The van der Waals surface area contributed by atoms with Crippen molar-refractivity contribution in [2.45, 2.75) is 20.3 Å². The molecule has 0 heterocycles. The van der Waals surface area contributed by atoms with Crippen molar-refractivity contribution in [3.63, 3.8) is 0 Å². The Morgan fingerprint density at radius 2 is 2.22 bits per heavy atom. The summed E-state index contributed by atoms with van der Waals surface area (Å²) in [5.74, 6) is 0. The van der Waals surface area contributed by atoms with Crippen LogP contribution in [0.3, 0.4) is 0 Å². The van der Waals surface area contributed by atoms with Crippen LogP contribution in [0.1, 0.15) is 20.3 Å². The fraction of sp³-hybridized carbons (Fsp3) is 0.833. The van der Waals surface area contributed by atoms with Gasteiger partial charge in [0.15, 0.2) is 0 Å². The third-order valence-corrected chi connectivity index (χ3v) is 0.890. The topological polar surface area (TPSA) is 29.5 Å². The number of carbonyl (C=O) groups is 1. The predicted octanol–water partition coefficient (Wildman–Crippen LogP) is 0.806. The third-order valence-electron chi connectivity index (χ3n) is 0.890. The molecule has 3 heteroatoms. The normalized spacial score (nSPS) is 9.11. The molecule has 0 aromatic carbocycles. The molecule has 3 nitrogen and oxygen atoms in total. The molecule has 9 heavy (non-hydrogen) atoms. The van der Waals surface area contributed by atoms with Crippen LogP contribution in [0.4, 0.5) is 0 Å². The highest BCUT2D eigenvalue weighted by molar-refractivity contribution is 5.44. The lowest BCUT2D eigenvalue weighted by atomic mass is 10.5. The molecule has 0 unspecified atom stereocenters. The zero-order chi connectivity index (χ0) is 7.11. The largest absolute Gasteiger partial charge is 0.276 e. The minimum Gasteiger partial charge on any atom is -0.276 e. The van der Waals surface area contributed by atoms with Crippen LogP contribution in [0.2, 0.25) is 0 Å². The average Bonchev–Trinajstić information content (AvgIpc) is 1.91. The van der Waals surface area contributed by atoms with Crippen LogP contribution in [0.25, 0.3) is 0 Å². The second-order valence-electron chi connectivity index (χ2n) is 1.67. The Bertz CT molecular complexity index is 75.5. The molecule has 0 aromatic heterocycles. The van der Waals surface area contributed by atoms with Crippen molar-refractivity contribution in [1.82, 2.24) is 5.06 Å². The van der Waals surface area contributed by atoms with E-state index in [-0.39, 0.29) is 0 Å². The van der Waals surface area contributed by atoms with Crippen LogP contribution in [-0.2, 0) is 9.63 Å². The Balaban J connectivity index is 3.20. The molecule has 0 saturated carbocycles. The molecule has 0 aliphatic heterocycles. The Morgan fingerprint density at radius 1 is 1.56 bits per heavy atom. The Labute approximate surface area is 55.6 Å². The van der Waals surface area contributed by atoms with E-state index >= 15 is 0 Å². The number of nitrogens with zero attached hydrogens (tertiary/aromatic N) is 1. The molecule has 1 amide bonds. The van der Waals surface area contributed by atoms with Crippen molar-refractivity contribution in [2.75, 3.05) is 13.2 Å². The standard InChI is InChI=1S/C6H13NO2/c1-3-5-9-7(4-2)6-8/h6H,3-5H2,1-2H3. The van der Waals surface area contributed by atoms with Gasteiger partial charge in [0, 0.05) is 6.54 Å². The van der Waals surface area contributed by atoms with E-state index in [9.17, 15) is 4.79 Å². The molecule has 0 saturated heterocycles. The van der Waals surface area contributed by atoms with E-state index in [1.807, 2.05) is 13.8 Å². The quantitative estimate of drug-likeness (QED) is 0.408. The van der Waals surface area contributed by atoms with Gasteiger partial charge in [-0.05, 0) is 13.3 Å². The van der Waals surface area contributed by atoms with Crippen molar-refractivity contribution in [1.29, 1.82) is 0 Å². The van der Waals surface area contributed by atoms with Crippen molar-refractivity contribution >= 4 is 6.41 Å². The summed E-state index contributed by atoms with van der Waals surface area (Å²) < 4.78 is 0. The number of hydroxylamine groups is 2. The first-order valence-corrected chi connectivity index (χ1v) is 3.20. The number of hydrogen-bond donors (Lipinski definition) is 0. The SMILES string of the molecule is CCCON(C=O)CC. The maximum Gasteiger partial charge on any atom is 0.233 e. The molecule has 0 rings (SSSR count). The zero-order valence-corrected chi connectivity index (χ0v) is 5.96. The van der Waals surface area contributed by atoms with Crippen LogP contribution < -0.4 is 0 Å². The molecule has 0 fully saturated rings. The molecule has 0 bridgehead atoms. The maximum atomic E-state index is 10.0. The van der Waals surface area contributed by atoms with Crippen LogP contribution in [-0.4, -0.2) is 24.6 Å². The molecule has 0 aliphatic rings. The molecule has 0 aromatic rings. The first kappa shape index (κ1) is 8.43. The summed E-state index contributed by atoms with van der Waals surface area (Å²) in [4.78, 5) is 15.0. The van der Waals surface area contributed by atoms with E-state index in [4.69, 9.17) is 4.84 Å². The second-order valence-corrected chi connectivity index (χ2v) is 1.67. The molecule has 0 atom stereocenters. The molecular formula is C6H13NO2. The lowest BCUT2D eigenvalue weighted by Crippen LogP contribution is -2.21. The summed E-state index contributed by atoms with van der Waals surface area (Å²) >= 11 is 0. The monoisotopic (exact) mass is 131 g/mol. The maximum absolute atomic E-state index is 10.0. The number of hydrogen-bond acceptors (Lipinski definition) is 2. The molecule has 0 radical (unpaired) electrons. The zero-order valence-electron chi connectivity index (χ0n) is 5.96. The summed E-state index contributed by atoms with van der Waals surface area (Å²) in [6, 6.07) is 0. The summed E-state index contributed by atoms with van der Waals surface area (Å²) in [5.41, 5.74) is 0. The Kier molecular flexibility index (Phi) is 5.21. The van der Waals surface area contributed by atoms with Gasteiger partial charge in [0.25, 0.3) is 0 Å². The van der Waals surface area contributed by atoms with Gasteiger partial charge in [0.2, 0.25) is 6.41 Å². The fourth-order valence-electron chi connectivity index (χ4n) is 0.405. The van der Waals surface area contributed by atoms with E-state index in [0.717, 1.165) is 6.42 Å². The van der Waals surface area contributed by atoms with E-state index in [1.165, 1.54) is 5.06 Å². The molecule has 54 valence electrons. The Hall–Kier alpha value is -0.570. The smallest absolute Gasteiger partial charge is 0.233 e. The lowest BCUT2D eigenvalue weighted by Gasteiger charge is -2.12. The van der Waals surface area contributed by atoms with Gasteiger partial charge in [-0.2, -0.15) is 0 Å². The van der Waals surface area contributed by atoms with Gasteiger partial charge in [-0.15, -0.1) is 0 Å². The van der Waals surface area contributed by atoms with Crippen molar-refractivity contribution < 1.29 is 9.63 Å². The molecule has 0 N–H and O–H groups in total. The first-order valence-electron chi connectivity index (χ1n) is 3.20. The van der Waals surface area contributed by atoms with Gasteiger partial charge in [0.05, 0.1) is 6.61 Å². The van der Waals surface area contributed by atoms with E-state index in [1.54, 1.807) is 0 Å². The molecular weight excluding hydrogens is 118 g/mol. The van der Waals surface area contributed by atoms with Gasteiger partial charge >= 0.3 is 0 Å². The third kappa shape index (κ3) is 3.97. The van der Waals surface area contributed by atoms with Crippen LogP contribution >= 0.6 is 0 Å². The van der Waals surface area contributed by atoms with E-state index in [0.29, 0.717) is 19.6 Å². The first-order chi connectivity index (χ1) is 4.35. The summed E-state index contributed by atoms with van der Waals surface area (Å²) in [7, 11) is 0. The van der Waals surface area contributed by atoms with Gasteiger partial charge < -0.3 is 0 Å². The van der Waals surface area contributed by atoms with Gasteiger partial charge in [-0.25, -0.2) is 5.06 Å². The van der Waals surface area contributed by atoms with Gasteiger partial charge in [0.1, 0.15) is 0 Å². The van der Waals surface area contributed by atoms with Crippen molar-refractivity contribution in [2.24, 2.45) is 0 Å². The number of carbonyl (C=O) groups excluding carboxylic acids is 1. The highest BCUT2D eigenvalue weighted by Crippen LogP contribution is 1.85. The summed E-state index contributed by atoms with van der Waals surface area (Å²) in [6.07, 6.45) is 1.62. The van der Waals surface area contributed by atoms with E-state index < -0.39 is 0 Å². The van der Waals surface area contributed by atoms with Crippen molar-refractivity contribution in [3.8, 4) is 0 Å². The predicted molar refractivity (Wildman–Crippen MR) is 34.7 cm³/mol. The van der Waals surface area contributed by atoms with Crippen molar-refractivity contribution in [3.05, 3.63) is 0 Å². The van der Waals surface area contributed by atoms with Gasteiger partial charge in [-0.1, -0.05) is 6.92 Å². The van der Waals surface area contributed by atoms with E-state index in [2.05, 4.69) is 0 Å². The van der Waals surface area contributed by atoms with Crippen LogP contribution in [0, 0.1) is 0 Å².